The largest absolute Gasteiger partial charge is 0.462 e. The zero-order chi connectivity index (χ0) is 41.5. The number of carbonyl (C=O) groups is 3. The minimum Gasteiger partial charge on any atom is -0.462 e. The third kappa shape index (κ3) is 43.6. The van der Waals surface area contributed by atoms with E-state index in [4.69, 9.17) is 14.2 Å². The van der Waals surface area contributed by atoms with Crippen molar-refractivity contribution in [2.24, 2.45) is 0 Å². The number of carbonyl (C=O) groups excluding carboxylic acids is 3. The molecule has 0 aliphatic carbocycles. The SMILES string of the molecule is CC/C=C/C=C/C=C/C=C/C=C/CCCC(=O)OCC(COC(=O)CCCCCCCCCCCCCCC)OC(=O)CC/C=C/C/C=C/CCCCCCCC. The summed E-state index contributed by atoms with van der Waals surface area (Å²) in [5.74, 6) is -1.07. The van der Waals surface area contributed by atoms with Crippen molar-refractivity contribution in [2.45, 2.75) is 207 Å². The lowest BCUT2D eigenvalue weighted by Crippen LogP contribution is -2.30. The van der Waals surface area contributed by atoms with Crippen LogP contribution in [0.25, 0.3) is 0 Å². The molecule has 1 atom stereocenters. The molecule has 0 rings (SSSR count). The maximum absolute atomic E-state index is 12.7. The van der Waals surface area contributed by atoms with Crippen molar-refractivity contribution in [1.29, 1.82) is 0 Å². The van der Waals surface area contributed by atoms with Gasteiger partial charge in [0.1, 0.15) is 13.2 Å². The monoisotopic (exact) mass is 793 g/mol. The summed E-state index contributed by atoms with van der Waals surface area (Å²) in [6, 6.07) is 0. The molecule has 0 N–H and O–H groups in total. The van der Waals surface area contributed by atoms with Crippen molar-refractivity contribution in [1.82, 2.24) is 0 Å². The van der Waals surface area contributed by atoms with Crippen LogP contribution in [0.5, 0.6) is 0 Å². The number of esters is 3. The summed E-state index contributed by atoms with van der Waals surface area (Å²) in [6.07, 6.45) is 57.3. The van der Waals surface area contributed by atoms with Gasteiger partial charge in [-0.15, -0.1) is 0 Å². The van der Waals surface area contributed by atoms with Crippen molar-refractivity contribution < 1.29 is 28.6 Å². The van der Waals surface area contributed by atoms with Crippen molar-refractivity contribution >= 4 is 17.9 Å². The van der Waals surface area contributed by atoms with Crippen LogP contribution in [0.3, 0.4) is 0 Å². The predicted octanol–water partition coefficient (Wildman–Crippen LogP) is 14.9. The molecule has 57 heavy (non-hydrogen) atoms. The normalized spacial score (nSPS) is 12.8. The Kier molecular flexibility index (Phi) is 42.6. The van der Waals surface area contributed by atoms with Gasteiger partial charge in [-0.1, -0.05) is 215 Å². The summed E-state index contributed by atoms with van der Waals surface area (Å²) < 4.78 is 16.6. The minimum atomic E-state index is -0.832. The Balaban J connectivity index is 4.57. The lowest BCUT2D eigenvalue weighted by Gasteiger charge is -2.18. The average Bonchev–Trinajstić information content (AvgIpc) is 3.21. The Morgan fingerprint density at radius 1 is 0.386 bits per heavy atom. The molecule has 0 saturated carbocycles. The highest BCUT2D eigenvalue weighted by molar-refractivity contribution is 5.71. The third-order valence-electron chi connectivity index (χ3n) is 9.53. The molecular weight excluding hydrogens is 709 g/mol. The Morgan fingerprint density at radius 2 is 0.807 bits per heavy atom. The number of hydrogen-bond donors (Lipinski definition) is 0. The topological polar surface area (TPSA) is 78.9 Å². The molecule has 0 aliphatic rings. The van der Waals surface area contributed by atoms with E-state index in [1.165, 1.54) is 103 Å². The van der Waals surface area contributed by atoms with Crippen LogP contribution >= 0.6 is 0 Å². The van der Waals surface area contributed by atoms with Gasteiger partial charge >= 0.3 is 17.9 Å². The molecule has 1 unspecified atom stereocenters. The van der Waals surface area contributed by atoms with E-state index in [1.54, 1.807) is 0 Å². The van der Waals surface area contributed by atoms with Gasteiger partial charge in [0.2, 0.25) is 0 Å². The van der Waals surface area contributed by atoms with E-state index < -0.39 is 12.1 Å². The van der Waals surface area contributed by atoms with E-state index in [0.717, 1.165) is 44.9 Å². The lowest BCUT2D eigenvalue weighted by molar-refractivity contribution is -0.166. The van der Waals surface area contributed by atoms with Crippen LogP contribution in [0.2, 0.25) is 0 Å². The third-order valence-corrected chi connectivity index (χ3v) is 9.53. The fourth-order valence-electron chi connectivity index (χ4n) is 6.05. The first-order valence-corrected chi connectivity index (χ1v) is 23.2. The van der Waals surface area contributed by atoms with E-state index in [2.05, 4.69) is 45.1 Å². The number of hydrogen-bond acceptors (Lipinski definition) is 6. The van der Waals surface area contributed by atoms with Gasteiger partial charge in [0.05, 0.1) is 0 Å². The molecule has 6 nitrogen and oxygen atoms in total. The fourth-order valence-corrected chi connectivity index (χ4v) is 6.05. The Morgan fingerprint density at radius 3 is 1.33 bits per heavy atom. The minimum absolute atomic E-state index is 0.121. The van der Waals surface area contributed by atoms with E-state index in [1.807, 2.05) is 60.8 Å². The number of allylic oxidation sites excluding steroid dienone is 14. The second-order valence-corrected chi connectivity index (χ2v) is 15.1. The smallest absolute Gasteiger partial charge is 0.306 e. The molecule has 0 aliphatic heterocycles. The van der Waals surface area contributed by atoms with Gasteiger partial charge in [0, 0.05) is 19.3 Å². The van der Waals surface area contributed by atoms with Crippen LogP contribution in [-0.4, -0.2) is 37.2 Å². The zero-order valence-corrected chi connectivity index (χ0v) is 36.8. The highest BCUT2D eigenvalue weighted by Crippen LogP contribution is 2.14. The van der Waals surface area contributed by atoms with Crippen LogP contribution < -0.4 is 0 Å². The van der Waals surface area contributed by atoms with Gasteiger partial charge in [-0.05, 0) is 51.4 Å². The maximum Gasteiger partial charge on any atom is 0.306 e. The summed E-state index contributed by atoms with van der Waals surface area (Å²) >= 11 is 0. The molecule has 0 radical (unpaired) electrons. The Labute approximate surface area is 350 Å². The Hall–Kier alpha value is -3.41. The van der Waals surface area contributed by atoms with Gasteiger partial charge in [-0.3, -0.25) is 14.4 Å². The molecule has 324 valence electrons. The van der Waals surface area contributed by atoms with Crippen LogP contribution in [0.15, 0.2) is 85.1 Å². The first kappa shape index (κ1) is 53.6. The van der Waals surface area contributed by atoms with Crippen LogP contribution in [-0.2, 0) is 28.6 Å². The Bertz CT molecular complexity index is 1140. The molecule has 0 heterocycles. The van der Waals surface area contributed by atoms with Crippen LogP contribution in [0.4, 0.5) is 0 Å². The van der Waals surface area contributed by atoms with Gasteiger partial charge in [0.15, 0.2) is 6.10 Å². The lowest BCUT2D eigenvalue weighted by atomic mass is 10.0. The standard InChI is InChI=1S/C51H84O6/c1-4-7-10-13-16-19-22-25-28-31-34-37-40-43-49(52)55-46-48(57-51(54)45-42-39-36-33-30-27-24-21-18-15-12-9-6-3)47-56-50(53)44-41-38-35-32-29-26-23-20-17-14-11-8-5-2/h7,10,13,16,19,22,25,27-28,30-31,34,36,39,48H,4-6,8-9,11-12,14-15,17-18,20-21,23-24,26,29,32-33,35,37-38,40-47H2,1-3H3/b10-7+,16-13+,22-19+,28-25+,30-27+,34-31+,39-36+. The second-order valence-electron chi connectivity index (χ2n) is 15.1. The maximum atomic E-state index is 12.7. The molecular formula is C51H84O6. The first-order chi connectivity index (χ1) is 28.0. The van der Waals surface area contributed by atoms with Crippen molar-refractivity contribution in [3.8, 4) is 0 Å². The van der Waals surface area contributed by atoms with E-state index in [-0.39, 0.29) is 38.0 Å². The average molecular weight is 793 g/mol. The summed E-state index contributed by atoms with van der Waals surface area (Å²) in [5, 5.41) is 0. The highest BCUT2D eigenvalue weighted by Gasteiger charge is 2.19. The molecule has 0 amide bonds. The van der Waals surface area contributed by atoms with Gasteiger partial charge < -0.3 is 14.2 Å². The fraction of sp³-hybridized carbons (Fsp3) is 0.667. The number of rotatable bonds is 40. The van der Waals surface area contributed by atoms with Crippen molar-refractivity contribution in [3.05, 3.63) is 85.1 Å². The van der Waals surface area contributed by atoms with Crippen LogP contribution in [0.1, 0.15) is 201 Å². The van der Waals surface area contributed by atoms with Gasteiger partial charge in [-0.2, -0.15) is 0 Å². The predicted molar refractivity (Wildman–Crippen MR) is 242 cm³/mol. The highest BCUT2D eigenvalue weighted by atomic mass is 16.6. The summed E-state index contributed by atoms with van der Waals surface area (Å²) in [4.78, 5) is 37.7. The summed E-state index contributed by atoms with van der Waals surface area (Å²) in [7, 11) is 0. The van der Waals surface area contributed by atoms with Crippen molar-refractivity contribution in [3.63, 3.8) is 0 Å². The van der Waals surface area contributed by atoms with E-state index in [0.29, 0.717) is 19.3 Å². The number of ether oxygens (including phenoxy) is 3. The summed E-state index contributed by atoms with van der Waals surface area (Å²) in [6.45, 7) is 6.35. The molecule has 6 heteroatoms. The van der Waals surface area contributed by atoms with Gasteiger partial charge in [0.25, 0.3) is 0 Å². The van der Waals surface area contributed by atoms with E-state index >= 15 is 0 Å². The molecule has 0 saturated heterocycles. The van der Waals surface area contributed by atoms with Crippen molar-refractivity contribution in [2.75, 3.05) is 13.2 Å². The van der Waals surface area contributed by atoms with Crippen LogP contribution in [0, 0.1) is 0 Å². The molecule has 0 bridgehead atoms. The molecule has 0 spiro atoms. The molecule has 0 fully saturated rings. The molecule has 0 aromatic heterocycles. The molecule has 0 aromatic carbocycles. The number of unbranched alkanes of at least 4 members (excludes halogenated alkanes) is 19. The zero-order valence-electron chi connectivity index (χ0n) is 36.8. The first-order valence-electron chi connectivity index (χ1n) is 23.2. The molecule has 0 aromatic rings. The van der Waals surface area contributed by atoms with Gasteiger partial charge in [-0.25, -0.2) is 0 Å². The second kappa shape index (κ2) is 45.3. The van der Waals surface area contributed by atoms with E-state index in [9.17, 15) is 14.4 Å². The summed E-state index contributed by atoms with van der Waals surface area (Å²) in [5.41, 5.74) is 0. The quantitative estimate of drug-likeness (QED) is 0.0202.